The Bertz CT molecular complexity index is 952. The Morgan fingerprint density at radius 2 is 1.93 bits per heavy atom. The molecule has 0 bridgehead atoms. The number of hydrogen-bond acceptors (Lipinski definition) is 6. The van der Waals surface area contributed by atoms with Crippen LogP contribution < -0.4 is 9.47 Å². The molecule has 2 heterocycles. The van der Waals surface area contributed by atoms with Crippen molar-refractivity contribution >= 4 is 0 Å². The van der Waals surface area contributed by atoms with Crippen molar-refractivity contribution in [1.82, 2.24) is 15.0 Å². The van der Waals surface area contributed by atoms with Gasteiger partial charge in [-0.3, -0.25) is 4.90 Å². The first-order valence-electron chi connectivity index (χ1n) is 10.1. The van der Waals surface area contributed by atoms with Gasteiger partial charge in [0.1, 0.15) is 11.5 Å². The molecular weight excluding hydrogens is 366 g/mol. The average Bonchev–Trinajstić information content (AvgIpc) is 3.43. The van der Waals surface area contributed by atoms with Crippen LogP contribution in [0.4, 0.5) is 0 Å². The molecule has 0 N–H and O–H groups in total. The molecule has 2 aromatic carbocycles. The summed E-state index contributed by atoms with van der Waals surface area (Å²) in [6.45, 7) is 3.74. The molecule has 0 saturated carbocycles. The lowest BCUT2D eigenvalue weighted by Gasteiger charge is -2.25. The van der Waals surface area contributed by atoms with Crippen LogP contribution in [-0.4, -0.2) is 35.8 Å². The van der Waals surface area contributed by atoms with Crippen LogP contribution in [0.15, 0.2) is 47.0 Å². The first-order chi connectivity index (χ1) is 14.2. The summed E-state index contributed by atoms with van der Waals surface area (Å²) in [5.74, 6) is 2.99. The summed E-state index contributed by atoms with van der Waals surface area (Å²) in [5, 5.41) is 4.19. The molecule has 29 heavy (non-hydrogen) atoms. The molecule has 3 aromatic rings. The molecule has 0 radical (unpaired) electrons. The zero-order valence-corrected chi connectivity index (χ0v) is 17.2. The summed E-state index contributed by atoms with van der Waals surface area (Å²) >= 11 is 0. The van der Waals surface area contributed by atoms with Gasteiger partial charge >= 0.3 is 0 Å². The van der Waals surface area contributed by atoms with Crippen molar-refractivity contribution in [3.8, 4) is 22.9 Å². The van der Waals surface area contributed by atoms with Gasteiger partial charge in [0.25, 0.3) is 0 Å². The first-order valence-corrected chi connectivity index (χ1v) is 10.1. The van der Waals surface area contributed by atoms with Crippen LogP contribution in [0.25, 0.3) is 11.4 Å². The lowest BCUT2D eigenvalue weighted by Crippen LogP contribution is -2.23. The van der Waals surface area contributed by atoms with Crippen molar-refractivity contribution in [3.63, 3.8) is 0 Å². The van der Waals surface area contributed by atoms with E-state index in [9.17, 15) is 0 Å². The smallest absolute Gasteiger partial charge is 0.241 e. The van der Waals surface area contributed by atoms with E-state index in [4.69, 9.17) is 14.0 Å². The van der Waals surface area contributed by atoms with E-state index in [0.717, 1.165) is 48.4 Å². The molecule has 0 amide bonds. The fourth-order valence-electron chi connectivity index (χ4n) is 3.97. The zero-order valence-electron chi connectivity index (χ0n) is 17.2. The molecule has 0 spiro atoms. The lowest BCUT2D eigenvalue weighted by molar-refractivity contribution is 0.209. The number of rotatable bonds is 7. The molecule has 6 nitrogen and oxygen atoms in total. The van der Waals surface area contributed by atoms with Gasteiger partial charge in [0.2, 0.25) is 11.7 Å². The van der Waals surface area contributed by atoms with Gasteiger partial charge in [-0.15, -0.1) is 0 Å². The van der Waals surface area contributed by atoms with E-state index in [0.29, 0.717) is 18.3 Å². The number of aromatic nitrogens is 2. The van der Waals surface area contributed by atoms with E-state index in [1.165, 1.54) is 5.56 Å². The summed E-state index contributed by atoms with van der Waals surface area (Å²) < 4.78 is 16.6. The summed E-state index contributed by atoms with van der Waals surface area (Å²) in [6, 6.07) is 14.5. The summed E-state index contributed by atoms with van der Waals surface area (Å²) in [5.41, 5.74) is 3.41. The number of methoxy groups -OCH3 is 2. The van der Waals surface area contributed by atoms with E-state index in [-0.39, 0.29) is 6.04 Å². The van der Waals surface area contributed by atoms with Crippen LogP contribution in [0, 0.1) is 0 Å². The quantitative estimate of drug-likeness (QED) is 0.582. The highest BCUT2D eigenvalue weighted by Gasteiger charge is 2.30. The maximum atomic E-state index is 5.60. The van der Waals surface area contributed by atoms with E-state index < -0.39 is 0 Å². The minimum Gasteiger partial charge on any atom is -0.497 e. The lowest BCUT2D eigenvalue weighted by atomic mass is 10.0. The highest BCUT2D eigenvalue weighted by molar-refractivity contribution is 5.54. The molecule has 1 aliphatic rings. The molecule has 6 heteroatoms. The Balaban J connectivity index is 1.53. The Kier molecular flexibility index (Phi) is 5.81. The second-order valence-electron chi connectivity index (χ2n) is 7.30. The molecule has 1 fully saturated rings. The third-order valence-corrected chi connectivity index (χ3v) is 5.59. The normalized spacial score (nSPS) is 16.9. The van der Waals surface area contributed by atoms with Gasteiger partial charge in [0, 0.05) is 17.2 Å². The standard InChI is InChI=1S/C23H27N3O3/c1-4-16-7-9-17(10-8-16)23-24-22(29-25-23)15-26-13-5-6-20(26)19-14-18(27-2)11-12-21(19)28-3/h7-12,14,20H,4-6,13,15H2,1-3H3/t20-/m1/s1. The molecule has 1 aromatic heterocycles. The van der Waals surface area contributed by atoms with Gasteiger partial charge in [-0.1, -0.05) is 36.3 Å². The van der Waals surface area contributed by atoms with Crippen LogP contribution in [0.3, 0.4) is 0 Å². The van der Waals surface area contributed by atoms with Gasteiger partial charge in [-0.25, -0.2) is 0 Å². The molecular formula is C23H27N3O3. The molecule has 152 valence electrons. The molecule has 0 aliphatic carbocycles. The first kappa shape index (κ1) is 19.5. The van der Waals surface area contributed by atoms with Crippen molar-refractivity contribution < 1.29 is 14.0 Å². The topological polar surface area (TPSA) is 60.6 Å². The van der Waals surface area contributed by atoms with Crippen molar-refractivity contribution in [2.45, 2.75) is 38.8 Å². The third-order valence-electron chi connectivity index (χ3n) is 5.59. The number of aryl methyl sites for hydroxylation is 1. The minimum atomic E-state index is 0.235. The zero-order chi connectivity index (χ0) is 20.2. The summed E-state index contributed by atoms with van der Waals surface area (Å²) in [4.78, 5) is 7.00. The summed E-state index contributed by atoms with van der Waals surface area (Å²) in [7, 11) is 3.39. The van der Waals surface area contributed by atoms with Gasteiger partial charge < -0.3 is 14.0 Å². The van der Waals surface area contributed by atoms with E-state index >= 15 is 0 Å². The largest absolute Gasteiger partial charge is 0.497 e. The van der Waals surface area contributed by atoms with Crippen molar-refractivity contribution in [2.75, 3.05) is 20.8 Å². The highest BCUT2D eigenvalue weighted by atomic mass is 16.5. The van der Waals surface area contributed by atoms with E-state index in [1.54, 1.807) is 14.2 Å². The SMILES string of the molecule is CCc1ccc(-c2noc(CN3CCC[C@@H]3c3cc(OC)ccc3OC)n2)cc1. The Morgan fingerprint density at radius 3 is 2.66 bits per heavy atom. The molecule has 0 unspecified atom stereocenters. The van der Waals surface area contributed by atoms with Gasteiger partial charge in [0.05, 0.1) is 20.8 Å². The number of nitrogens with zero attached hydrogens (tertiary/aromatic N) is 3. The predicted octanol–water partition coefficient (Wildman–Crippen LogP) is 4.65. The summed E-state index contributed by atoms with van der Waals surface area (Å²) in [6.07, 6.45) is 3.19. The number of hydrogen-bond donors (Lipinski definition) is 0. The average molecular weight is 393 g/mol. The fourth-order valence-corrected chi connectivity index (χ4v) is 3.97. The Hall–Kier alpha value is -2.86. The maximum Gasteiger partial charge on any atom is 0.241 e. The van der Waals surface area contributed by atoms with Gasteiger partial charge in [-0.2, -0.15) is 4.98 Å². The van der Waals surface area contributed by atoms with E-state index in [1.807, 2.05) is 24.3 Å². The second kappa shape index (κ2) is 8.66. The minimum absolute atomic E-state index is 0.235. The maximum absolute atomic E-state index is 5.60. The van der Waals surface area contributed by atoms with Crippen LogP contribution in [0.5, 0.6) is 11.5 Å². The third kappa shape index (κ3) is 4.12. The number of ether oxygens (including phenoxy) is 2. The van der Waals surface area contributed by atoms with Crippen molar-refractivity contribution in [2.24, 2.45) is 0 Å². The monoisotopic (exact) mass is 393 g/mol. The van der Waals surface area contributed by atoms with Crippen LogP contribution in [0.1, 0.15) is 42.8 Å². The van der Waals surface area contributed by atoms with Crippen LogP contribution in [0.2, 0.25) is 0 Å². The second-order valence-corrected chi connectivity index (χ2v) is 7.30. The number of benzene rings is 2. The molecule has 1 saturated heterocycles. The van der Waals surface area contributed by atoms with Crippen LogP contribution in [-0.2, 0) is 13.0 Å². The van der Waals surface area contributed by atoms with E-state index in [2.05, 4.69) is 40.2 Å². The molecule has 1 atom stereocenters. The molecule has 4 rings (SSSR count). The van der Waals surface area contributed by atoms with Crippen LogP contribution >= 0.6 is 0 Å². The van der Waals surface area contributed by atoms with Gasteiger partial charge in [0.15, 0.2) is 0 Å². The number of likely N-dealkylation sites (tertiary alicyclic amines) is 1. The van der Waals surface area contributed by atoms with Gasteiger partial charge in [-0.05, 0) is 49.6 Å². The van der Waals surface area contributed by atoms with Crippen molar-refractivity contribution in [1.29, 1.82) is 0 Å². The van der Waals surface area contributed by atoms with Crippen molar-refractivity contribution in [3.05, 3.63) is 59.5 Å². The highest BCUT2D eigenvalue weighted by Crippen LogP contribution is 2.39. The molecule has 1 aliphatic heterocycles. The Morgan fingerprint density at radius 1 is 1.10 bits per heavy atom. The fraction of sp³-hybridized carbons (Fsp3) is 0.391. The Labute approximate surface area is 171 Å². The predicted molar refractivity (Wildman–Crippen MR) is 111 cm³/mol.